The zero-order valence-electron chi connectivity index (χ0n) is 14.4. The molecule has 1 fully saturated rings. The molecule has 0 heterocycles. The van der Waals surface area contributed by atoms with Gasteiger partial charge in [-0.05, 0) is 31.0 Å². The fourth-order valence-electron chi connectivity index (χ4n) is 2.40. The summed E-state index contributed by atoms with van der Waals surface area (Å²) in [4.78, 5) is 25.9. The van der Waals surface area contributed by atoms with Crippen molar-refractivity contribution in [1.82, 2.24) is 4.90 Å². The number of benzene rings is 1. The summed E-state index contributed by atoms with van der Waals surface area (Å²) in [6.07, 6.45) is -1.51. The van der Waals surface area contributed by atoms with Crippen LogP contribution in [0.4, 0.5) is 13.2 Å². The number of hydrogen-bond donors (Lipinski definition) is 0. The molecule has 0 aromatic heterocycles. The number of nitrogens with zero attached hydrogens (tertiary/aromatic N) is 1. The second-order valence-electron chi connectivity index (χ2n) is 6.45. The summed E-state index contributed by atoms with van der Waals surface area (Å²) in [7, 11) is -0.964. The number of carbonyl (C=O) groups is 2. The van der Waals surface area contributed by atoms with Gasteiger partial charge in [0.15, 0.2) is 21.4 Å². The van der Waals surface area contributed by atoms with Crippen molar-refractivity contribution in [1.29, 1.82) is 0 Å². The van der Waals surface area contributed by atoms with Crippen LogP contribution in [0.3, 0.4) is 0 Å². The van der Waals surface area contributed by atoms with Crippen LogP contribution in [0.2, 0.25) is 0 Å². The van der Waals surface area contributed by atoms with Crippen molar-refractivity contribution >= 4 is 21.4 Å². The molecule has 0 aliphatic heterocycles. The Morgan fingerprint density at radius 3 is 2.19 bits per heavy atom. The molecule has 0 atom stereocenters. The lowest BCUT2D eigenvalue weighted by Crippen LogP contribution is -2.21. The molecule has 0 amide bonds. The first kappa shape index (κ1) is 20.2. The van der Waals surface area contributed by atoms with Gasteiger partial charge in [-0.3, -0.25) is 9.59 Å². The lowest BCUT2D eigenvalue weighted by Gasteiger charge is -2.14. The van der Waals surface area contributed by atoms with Crippen molar-refractivity contribution in [2.45, 2.75) is 23.9 Å². The van der Waals surface area contributed by atoms with Gasteiger partial charge in [-0.15, -0.1) is 0 Å². The molecule has 1 aliphatic rings. The highest BCUT2D eigenvalue weighted by molar-refractivity contribution is 7.90. The number of sulfone groups is 1. The lowest BCUT2D eigenvalue weighted by atomic mass is 9.97. The highest BCUT2D eigenvalue weighted by Gasteiger charge is 2.37. The predicted molar refractivity (Wildman–Crippen MR) is 88.4 cm³/mol. The van der Waals surface area contributed by atoms with Crippen LogP contribution in [0.15, 0.2) is 34.9 Å². The molecule has 0 spiro atoms. The van der Waals surface area contributed by atoms with Crippen molar-refractivity contribution in [2.24, 2.45) is 5.92 Å². The average Bonchev–Trinajstić information content (AvgIpc) is 3.33. The van der Waals surface area contributed by atoms with Gasteiger partial charge in [0.05, 0.1) is 16.0 Å². The van der Waals surface area contributed by atoms with Gasteiger partial charge < -0.3 is 4.90 Å². The van der Waals surface area contributed by atoms with E-state index in [-0.39, 0.29) is 11.5 Å². The minimum Gasteiger partial charge on any atom is -0.383 e. The molecular weight excluding hydrogens is 371 g/mol. The Morgan fingerprint density at radius 2 is 1.77 bits per heavy atom. The molecule has 1 saturated carbocycles. The SMILES string of the molecule is CN(C)/C=C(/C(=O)c1ccc(C(F)(F)F)cc1S(C)(=O)=O)C(=O)C1CC1. The minimum atomic E-state index is -4.76. The molecule has 9 heteroatoms. The number of halogens is 3. The first-order valence-electron chi connectivity index (χ1n) is 7.71. The van der Waals surface area contributed by atoms with Crippen LogP contribution in [0.25, 0.3) is 0 Å². The summed E-state index contributed by atoms with van der Waals surface area (Å²) in [5, 5.41) is 0. The van der Waals surface area contributed by atoms with Crippen molar-refractivity contribution in [3.05, 3.63) is 41.1 Å². The topological polar surface area (TPSA) is 71.5 Å². The van der Waals surface area contributed by atoms with Crippen LogP contribution in [0.1, 0.15) is 28.8 Å². The zero-order chi connectivity index (χ0) is 19.9. The summed E-state index contributed by atoms with van der Waals surface area (Å²) in [6.45, 7) is 0. The number of carbonyl (C=O) groups excluding carboxylic acids is 2. The normalized spacial score (nSPS) is 15.7. The predicted octanol–water partition coefficient (Wildman–Crippen LogP) is 2.72. The number of alkyl halides is 3. The van der Waals surface area contributed by atoms with Gasteiger partial charge in [0.25, 0.3) is 0 Å². The molecule has 1 aliphatic carbocycles. The van der Waals surface area contributed by atoms with E-state index in [1.54, 1.807) is 14.1 Å². The standard InChI is InChI=1S/C17H18F3NO4S/c1-21(2)9-13(15(22)10-4-5-10)16(23)12-7-6-11(17(18,19)20)8-14(12)26(3,24)25/h6-10H,4-5H2,1-3H3/b13-9+. The molecule has 0 radical (unpaired) electrons. The third kappa shape index (κ3) is 4.51. The minimum absolute atomic E-state index is 0.234. The van der Waals surface area contributed by atoms with Gasteiger partial charge in [-0.2, -0.15) is 13.2 Å². The molecule has 1 aromatic carbocycles. The molecule has 0 bridgehead atoms. The molecule has 0 N–H and O–H groups in total. The Morgan fingerprint density at radius 1 is 1.19 bits per heavy atom. The maximum absolute atomic E-state index is 12.9. The summed E-state index contributed by atoms with van der Waals surface area (Å²) < 4.78 is 62.7. The van der Waals surface area contributed by atoms with Crippen molar-refractivity contribution < 1.29 is 31.2 Å². The van der Waals surface area contributed by atoms with Gasteiger partial charge in [-0.25, -0.2) is 8.42 Å². The van der Waals surface area contributed by atoms with E-state index in [0.29, 0.717) is 25.0 Å². The molecule has 0 saturated heterocycles. The van der Waals surface area contributed by atoms with E-state index >= 15 is 0 Å². The van der Waals surface area contributed by atoms with E-state index in [4.69, 9.17) is 0 Å². The Balaban J connectivity index is 2.61. The lowest BCUT2D eigenvalue weighted by molar-refractivity contribution is -0.137. The van der Waals surface area contributed by atoms with Crippen molar-refractivity contribution in [2.75, 3.05) is 20.4 Å². The van der Waals surface area contributed by atoms with E-state index in [1.165, 1.54) is 11.1 Å². The number of ketones is 2. The molecule has 1 aromatic rings. The molecule has 5 nitrogen and oxygen atoms in total. The van der Waals surface area contributed by atoms with Gasteiger partial charge >= 0.3 is 6.18 Å². The Bertz CT molecular complexity index is 882. The highest BCUT2D eigenvalue weighted by atomic mass is 32.2. The summed E-state index contributed by atoms with van der Waals surface area (Å²) in [5.41, 5.74) is -1.86. The third-order valence-electron chi connectivity index (χ3n) is 3.80. The Kier molecular flexibility index (Phi) is 5.32. The smallest absolute Gasteiger partial charge is 0.383 e. The van der Waals surface area contributed by atoms with E-state index in [9.17, 15) is 31.2 Å². The van der Waals surface area contributed by atoms with Crippen molar-refractivity contribution in [3.8, 4) is 0 Å². The fraction of sp³-hybridized carbons (Fsp3) is 0.412. The summed E-state index contributed by atoms with van der Waals surface area (Å²) in [6, 6.07) is 1.87. The Labute approximate surface area is 149 Å². The number of rotatable bonds is 6. The van der Waals surface area contributed by atoms with E-state index < -0.39 is 43.6 Å². The number of hydrogen-bond acceptors (Lipinski definition) is 5. The number of allylic oxidation sites excluding steroid dienone is 1. The van der Waals surface area contributed by atoms with Gasteiger partial charge in [0, 0.05) is 38.0 Å². The van der Waals surface area contributed by atoms with Crippen LogP contribution in [-0.2, 0) is 20.8 Å². The van der Waals surface area contributed by atoms with E-state index in [2.05, 4.69) is 0 Å². The monoisotopic (exact) mass is 389 g/mol. The van der Waals surface area contributed by atoms with Crippen LogP contribution in [0, 0.1) is 5.92 Å². The van der Waals surface area contributed by atoms with Crippen LogP contribution in [0.5, 0.6) is 0 Å². The molecule has 0 unspecified atom stereocenters. The second kappa shape index (κ2) is 6.86. The quantitative estimate of drug-likeness (QED) is 0.324. The summed E-state index contributed by atoms with van der Waals surface area (Å²) in [5.74, 6) is -1.63. The van der Waals surface area contributed by atoms with E-state index in [0.717, 1.165) is 12.3 Å². The molecule has 2 rings (SSSR count). The van der Waals surface area contributed by atoms with E-state index in [1.807, 2.05) is 0 Å². The fourth-order valence-corrected chi connectivity index (χ4v) is 3.30. The average molecular weight is 389 g/mol. The first-order chi connectivity index (χ1) is 11.8. The van der Waals surface area contributed by atoms with Crippen LogP contribution in [-0.4, -0.2) is 45.2 Å². The Hall–Kier alpha value is -2.16. The largest absolute Gasteiger partial charge is 0.416 e. The summed E-state index contributed by atoms with van der Waals surface area (Å²) >= 11 is 0. The number of Topliss-reactive ketones (excluding diaryl/α,β-unsaturated/α-hetero) is 2. The third-order valence-corrected chi connectivity index (χ3v) is 4.94. The first-order valence-corrected chi connectivity index (χ1v) is 9.60. The van der Waals surface area contributed by atoms with Crippen LogP contribution < -0.4 is 0 Å². The van der Waals surface area contributed by atoms with Crippen molar-refractivity contribution in [3.63, 3.8) is 0 Å². The molecule has 142 valence electrons. The highest BCUT2D eigenvalue weighted by Crippen LogP contribution is 2.35. The van der Waals surface area contributed by atoms with Gasteiger partial charge in [-0.1, -0.05) is 0 Å². The van der Waals surface area contributed by atoms with Gasteiger partial charge in [0.2, 0.25) is 0 Å². The van der Waals surface area contributed by atoms with Gasteiger partial charge in [0.1, 0.15) is 0 Å². The zero-order valence-corrected chi connectivity index (χ0v) is 15.2. The molecular formula is C17H18F3NO4S. The molecule has 26 heavy (non-hydrogen) atoms. The van der Waals surface area contributed by atoms with Crippen LogP contribution >= 0.6 is 0 Å². The second-order valence-corrected chi connectivity index (χ2v) is 8.44. The maximum atomic E-state index is 12.9. The maximum Gasteiger partial charge on any atom is 0.416 e.